The molecule has 3 N–H and O–H groups in total. The minimum absolute atomic E-state index is 0.0789. The van der Waals surface area contributed by atoms with Crippen molar-refractivity contribution in [3.63, 3.8) is 0 Å². The molecule has 72 valence electrons. The van der Waals surface area contributed by atoms with E-state index in [-0.39, 0.29) is 5.84 Å². The summed E-state index contributed by atoms with van der Waals surface area (Å²) in [5.41, 5.74) is 8.07. The number of imidazole rings is 1. The van der Waals surface area contributed by atoms with Crippen molar-refractivity contribution in [2.24, 2.45) is 12.8 Å². The molecule has 1 aromatic carbocycles. The molecule has 0 aliphatic carbocycles. The van der Waals surface area contributed by atoms with Crippen LogP contribution in [0.25, 0.3) is 11.0 Å². The van der Waals surface area contributed by atoms with E-state index in [2.05, 4.69) is 4.98 Å². The zero-order valence-corrected chi connectivity index (χ0v) is 8.20. The van der Waals surface area contributed by atoms with Gasteiger partial charge in [-0.05, 0) is 25.1 Å². The van der Waals surface area contributed by atoms with Gasteiger partial charge in [-0.25, -0.2) is 4.98 Å². The number of benzene rings is 1. The van der Waals surface area contributed by atoms with E-state index in [1.165, 1.54) is 0 Å². The lowest BCUT2D eigenvalue weighted by atomic mass is 10.2. The molecule has 2 aromatic rings. The summed E-state index contributed by atoms with van der Waals surface area (Å²) in [6.45, 7) is 1.95. The van der Waals surface area contributed by atoms with Gasteiger partial charge in [0.15, 0.2) is 0 Å². The van der Waals surface area contributed by atoms with Gasteiger partial charge in [-0.2, -0.15) is 0 Å². The maximum atomic E-state index is 7.31. The Morgan fingerprint density at radius 2 is 2.21 bits per heavy atom. The van der Waals surface area contributed by atoms with Gasteiger partial charge < -0.3 is 10.3 Å². The van der Waals surface area contributed by atoms with Gasteiger partial charge in [0.2, 0.25) is 0 Å². The molecule has 0 aliphatic heterocycles. The Labute approximate surface area is 81.9 Å². The van der Waals surface area contributed by atoms with Crippen LogP contribution in [0.15, 0.2) is 18.2 Å². The number of nitrogens with zero attached hydrogens (tertiary/aromatic N) is 2. The van der Waals surface area contributed by atoms with Crippen molar-refractivity contribution in [2.75, 3.05) is 0 Å². The summed E-state index contributed by atoms with van der Waals surface area (Å²) < 4.78 is 2.01. The topological polar surface area (TPSA) is 67.7 Å². The highest BCUT2D eigenvalue weighted by Crippen LogP contribution is 2.15. The van der Waals surface area contributed by atoms with E-state index in [0.29, 0.717) is 0 Å². The molecule has 1 aromatic heterocycles. The number of aryl methyl sites for hydroxylation is 2. The molecule has 0 atom stereocenters. The van der Waals surface area contributed by atoms with Gasteiger partial charge in [-0.15, -0.1) is 0 Å². The molecular weight excluding hydrogens is 176 g/mol. The van der Waals surface area contributed by atoms with Gasteiger partial charge in [-0.3, -0.25) is 5.41 Å². The molecule has 0 fully saturated rings. The largest absolute Gasteiger partial charge is 0.384 e. The van der Waals surface area contributed by atoms with Crippen LogP contribution in [0.3, 0.4) is 0 Å². The lowest BCUT2D eigenvalue weighted by Crippen LogP contribution is -2.10. The second-order valence-corrected chi connectivity index (χ2v) is 3.34. The minimum atomic E-state index is 0.0789. The Morgan fingerprint density at radius 3 is 2.86 bits per heavy atom. The molecule has 2 rings (SSSR count). The molecule has 0 aliphatic rings. The van der Waals surface area contributed by atoms with Crippen LogP contribution in [-0.2, 0) is 7.05 Å². The van der Waals surface area contributed by atoms with E-state index >= 15 is 0 Å². The van der Waals surface area contributed by atoms with Crippen molar-refractivity contribution in [3.8, 4) is 0 Å². The summed E-state index contributed by atoms with van der Waals surface area (Å²) in [7, 11) is 1.97. The van der Waals surface area contributed by atoms with E-state index in [4.69, 9.17) is 11.1 Å². The molecule has 0 spiro atoms. The summed E-state index contributed by atoms with van der Waals surface area (Å²) in [4.78, 5) is 4.37. The summed E-state index contributed by atoms with van der Waals surface area (Å²) >= 11 is 0. The Balaban J connectivity index is 2.73. The molecule has 0 amide bonds. The summed E-state index contributed by atoms with van der Waals surface area (Å²) in [6.07, 6.45) is 0. The fraction of sp³-hybridized carbons (Fsp3) is 0.200. The van der Waals surface area contributed by atoms with E-state index in [1.54, 1.807) is 0 Å². The van der Waals surface area contributed by atoms with Gasteiger partial charge in [-0.1, -0.05) is 0 Å². The first-order valence-electron chi connectivity index (χ1n) is 4.37. The van der Waals surface area contributed by atoms with E-state index in [0.717, 1.165) is 22.4 Å². The molecule has 4 nitrogen and oxygen atoms in total. The molecule has 0 radical (unpaired) electrons. The zero-order chi connectivity index (χ0) is 10.3. The van der Waals surface area contributed by atoms with Gasteiger partial charge in [0.25, 0.3) is 0 Å². The number of nitrogens with one attached hydrogen (secondary N) is 1. The van der Waals surface area contributed by atoms with Crippen molar-refractivity contribution >= 4 is 16.9 Å². The SMILES string of the molecule is Cc1nc2cc(C(=N)N)ccc2n1C. The predicted molar refractivity (Wildman–Crippen MR) is 56.5 cm³/mol. The number of nitrogen functional groups attached to an aromatic ring is 1. The first-order chi connectivity index (χ1) is 6.59. The smallest absolute Gasteiger partial charge is 0.122 e. The van der Waals surface area contributed by atoms with Crippen molar-refractivity contribution in [1.82, 2.24) is 9.55 Å². The van der Waals surface area contributed by atoms with Crippen LogP contribution in [0.4, 0.5) is 0 Å². The van der Waals surface area contributed by atoms with Crippen molar-refractivity contribution in [3.05, 3.63) is 29.6 Å². The number of amidine groups is 1. The summed E-state index contributed by atoms with van der Waals surface area (Å²) in [5.74, 6) is 1.04. The average Bonchev–Trinajstić information content (AvgIpc) is 2.42. The number of fused-ring (bicyclic) bond motifs is 1. The van der Waals surface area contributed by atoms with E-state index in [9.17, 15) is 0 Å². The highest BCUT2D eigenvalue weighted by Gasteiger charge is 2.05. The van der Waals surface area contributed by atoms with Crippen LogP contribution in [0.1, 0.15) is 11.4 Å². The third kappa shape index (κ3) is 1.16. The van der Waals surface area contributed by atoms with Crippen LogP contribution in [0.2, 0.25) is 0 Å². The maximum absolute atomic E-state index is 7.31. The molecule has 0 unspecified atom stereocenters. The number of aromatic nitrogens is 2. The van der Waals surface area contributed by atoms with Gasteiger partial charge >= 0.3 is 0 Å². The quantitative estimate of drug-likeness (QED) is 0.521. The number of hydrogen-bond donors (Lipinski definition) is 2. The van der Waals surface area contributed by atoms with Gasteiger partial charge in [0, 0.05) is 12.6 Å². The Bertz CT molecular complexity index is 510. The zero-order valence-electron chi connectivity index (χ0n) is 8.20. The third-order valence-electron chi connectivity index (χ3n) is 2.42. The van der Waals surface area contributed by atoms with Crippen LogP contribution in [0.5, 0.6) is 0 Å². The fourth-order valence-electron chi connectivity index (χ4n) is 1.49. The summed E-state index contributed by atoms with van der Waals surface area (Å²) in [6, 6.07) is 5.61. The van der Waals surface area contributed by atoms with Gasteiger partial charge in [0.05, 0.1) is 11.0 Å². The van der Waals surface area contributed by atoms with Crippen LogP contribution in [-0.4, -0.2) is 15.4 Å². The Morgan fingerprint density at radius 1 is 1.50 bits per heavy atom. The normalized spacial score (nSPS) is 10.7. The molecular formula is C10H12N4. The van der Waals surface area contributed by atoms with Crippen molar-refractivity contribution in [2.45, 2.75) is 6.92 Å². The molecule has 0 bridgehead atoms. The third-order valence-corrected chi connectivity index (χ3v) is 2.42. The van der Waals surface area contributed by atoms with Crippen LogP contribution < -0.4 is 5.73 Å². The Kier molecular flexibility index (Phi) is 1.77. The Hall–Kier alpha value is -1.84. The van der Waals surface area contributed by atoms with Crippen molar-refractivity contribution < 1.29 is 0 Å². The van der Waals surface area contributed by atoms with Crippen molar-refractivity contribution in [1.29, 1.82) is 5.41 Å². The summed E-state index contributed by atoms with van der Waals surface area (Å²) in [5, 5.41) is 7.31. The molecule has 14 heavy (non-hydrogen) atoms. The first-order valence-corrected chi connectivity index (χ1v) is 4.37. The molecule has 4 heteroatoms. The lowest BCUT2D eigenvalue weighted by Gasteiger charge is -1.98. The number of nitrogens with two attached hydrogens (primary N) is 1. The second-order valence-electron chi connectivity index (χ2n) is 3.34. The monoisotopic (exact) mass is 188 g/mol. The highest BCUT2D eigenvalue weighted by atomic mass is 15.0. The predicted octanol–water partition coefficient (Wildman–Crippen LogP) is 1.17. The van der Waals surface area contributed by atoms with Crippen LogP contribution >= 0.6 is 0 Å². The number of hydrogen-bond acceptors (Lipinski definition) is 2. The molecule has 0 saturated carbocycles. The molecule has 0 saturated heterocycles. The highest BCUT2D eigenvalue weighted by molar-refractivity contribution is 5.98. The van der Waals surface area contributed by atoms with E-state index in [1.807, 2.05) is 36.7 Å². The maximum Gasteiger partial charge on any atom is 0.122 e. The van der Waals surface area contributed by atoms with Gasteiger partial charge in [0.1, 0.15) is 11.7 Å². The lowest BCUT2D eigenvalue weighted by molar-refractivity contribution is 0.886. The minimum Gasteiger partial charge on any atom is -0.384 e. The first kappa shape index (κ1) is 8.74. The number of rotatable bonds is 1. The molecule has 1 heterocycles. The standard InChI is InChI=1S/C10H12N4/c1-6-13-8-5-7(10(11)12)3-4-9(8)14(6)2/h3-5H,1-2H3,(H3,11,12). The fourth-order valence-corrected chi connectivity index (χ4v) is 1.49. The second kappa shape index (κ2) is 2.83. The van der Waals surface area contributed by atoms with Crippen LogP contribution in [0, 0.1) is 12.3 Å². The van der Waals surface area contributed by atoms with E-state index < -0.39 is 0 Å². The average molecular weight is 188 g/mol.